The normalized spacial score (nSPS) is 28.5. The molecule has 92 valence electrons. The van der Waals surface area contributed by atoms with Gasteiger partial charge in [-0.05, 0) is 35.8 Å². The molecule has 0 aromatic heterocycles. The monoisotopic (exact) mass is 231 g/mol. The zero-order valence-corrected chi connectivity index (χ0v) is 10.3. The summed E-state index contributed by atoms with van der Waals surface area (Å²) in [6, 6.07) is 8.37. The highest BCUT2D eigenvalue weighted by atomic mass is 16.3. The molecule has 1 aromatic rings. The number of hydrogen-bond donors (Lipinski definition) is 1. The van der Waals surface area contributed by atoms with Gasteiger partial charge in [-0.15, -0.1) is 0 Å². The maximum absolute atomic E-state index is 9.01. The van der Waals surface area contributed by atoms with E-state index in [-0.39, 0.29) is 6.61 Å². The summed E-state index contributed by atoms with van der Waals surface area (Å²) >= 11 is 0. The second-order valence-corrected chi connectivity index (χ2v) is 5.62. The van der Waals surface area contributed by atoms with E-state index in [9.17, 15) is 0 Å². The van der Waals surface area contributed by atoms with E-state index in [1.165, 1.54) is 37.9 Å². The molecule has 2 fully saturated rings. The van der Waals surface area contributed by atoms with Crippen molar-refractivity contribution in [2.45, 2.75) is 32.4 Å². The maximum atomic E-state index is 9.01. The molecule has 2 atom stereocenters. The molecule has 1 aliphatic heterocycles. The summed E-state index contributed by atoms with van der Waals surface area (Å²) in [5, 5.41) is 9.01. The number of rotatable bonds is 3. The number of nitrogens with zero attached hydrogens (tertiary/aromatic N) is 1. The Morgan fingerprint density at radius 1 is 1.00 bits per heavy atom. The SMILES string of the molecule is OCc1ccc(CN2CC3CCCC3C2)cc1. The number of likely N-dealkylation sites (tertiary alicyclic amines) is 1. The van der Waals surface area contributed by atoms with Gasteiger partial charge in [0.15, 0.2) is 0 Å². The third kappa shape index (κ3) is 2.38. The van der Waals surface area contributed by atoms with Gasteiger partial charge in [-0.1, -0.05) is 30.7 Å². The maximum Gasteiger partial charge on any atom is 0.0681 e. The van der Waals surface area contributed by atoms with E-state index in [2.05, 4.69) is 17.0 Å². The van der Waals surface area contributed by atoms with Crippen LogP contribution in [0.25, 0.3) is 0 Å². The van der Waals surface area contributed by atoms with Gasteiger partial charge in [-0.25, -0.2) is 0 Å². The topological polar surface area (TPSA) is 23.5 Å². The van der Waals surface area contributed by atoms with E-state index in [0.29, 0.717) is 0 Å². The summed E-state index contributed by atoms with van der Waals surface area (Å²) in [6.07, 6.45) is 4.35. The van der Waals surface area contributed by atoms with Crippen LogP contribution in [0.1, 0.15) is 30.4 Å². The minimum atomic E-state index is 0.147. The van der Waals surface area contributed by atoms with Crippen LogP contribution in [-0.4, -0.2) is 23.1 Å². The molecule has 3 rings (SSSR count). The second kappa shape index (κ2) is 4.79. The molecule has 17 heavy (non-hydrogen) atoms. The smallest absolute Gasteiger partial charge is 0.0681 e. The summed E-state index contributed by atoms with van der Waals surface area (Å²) in [6.45, 7) is 3.83. The predicted molar refractivity (Wildman–Crippen MR) is 68.5 cm³/mol. The number of fused-ring (bicyclic) bond motifs is 1. The van der Waals surface area contributed by atoms with Crippen LogP contribution in [0.2, 0.25) is 0 Å². The van der Waals surface area contributed by atoms with Gasteiger partial charge in [0, 0.05) is 19.6 Å². The predicted octanol–water partition coefficient (Wildman–Crippen LogP) is 2.41. The van der Waals surface area contributed by atoms with Gasteiger partial charge in [-0.2, -0.15) is 0 Å². The molecule has 2 aliphatic rings. The van der Waals surface area contributed by atoms with Crippen molar-refractivity contribution >= 4 is 0 Å². The highest BCUT2D eigenvalue weighted by Gasteiger charge is 2.35. The fraction of sp³-hybridized carbons (Fsp3) is 0.600. The molecular formula is C15H21NO. The highest BCUT2D eigenvalue weighted by Crippen LogP contribution is 2.38. The van der Waals surface area contributed by atoms with E-state index in [1.807, 2.05) is 12.1 Å². The molecule has 2 unspecified atom stereocenters. The van der Waals surface area contributed by atoms with E-state index in [1.54, 1.807) is 0 Å². The van der Waals surface area contributed by atoms with Crippen LogP contribution < -0.4 is 0 Å². The van der Waals surface area contributed by atoms with Crippen molar-refractivity contribution in [1.82, 2.24) is 4.90 Å². The Balaban J connectivity index is 1.59. The standard InChI is InChI=1S/C15H21NO/c17-11-13-6-4-12(5-7-13)8-16-9-14-2-1-3-15(14)10-16/h4-7,14-15,17H,1-3,8-11H2. The molecule has 1 saturated heterocycles. The lowest BCUT2D eigenvalue weighted by atomic mass is 10.0. The van der Waals surface area contributed by atoms with Gasteiger partial charge in [0.2, 0.25) is 0 Å². The summed E-state index contributed by atoms with van der Waals surface area (Å²) in [5.74, 6) is 1.96. The Morgan fingerprint density at radius 3 is 2.18 bits per heavy atom. The number of hydrogen-bond acceptors (Lipinski definition) is 2. The first-order valence-electron chi connectivity index (χ1n) is 6.76. The quantitative estimate of drug-likeness (QED) is 0.863. The first-order valence-corrected chi connectivity index (χ1v) is 6.76. The van der Waals surface area contributed by atoms with E-state index < -0.39 is 0 Å². The molecule has 0 spiro atoms. The average molecular weight is 231 g/mol. The van der Waals surface area contributed by atoms with Crippen molar-refractivity contribution in [3.63, 3.8) is 0 Å². The summed E-state index contributed by atoms with van der Waals surface area (Å²) in [4.78, 5) is 2.60. The van der Waals surface area contributed by atoms with Gasteiger partial charge >= 0.3 is 0 Å². The van der Waals surface area contributed by atoms with Crippen molar-refractivity contribution in [1.29, 1.82) is 0 Å². The van der Waals surface area contributed by atoms with Crippen LogP contribution in [0, 0.1) is 11.8 Å². The summed E-state index contributed by atoms with van der Waals surface area (Å²) in [7, 11) is 0. The first kappa shape index (κ1) is 11.2. The zero-order chi connectivity index (χ0) is 11.7. The molecule has 1 saturated carbocycles. The molecule has 0 radical (unpaired) electrons. The number of aliphatic hydroxyl groups excluding tert-OH is 1. The zero-order valence-electron chi connectivity index (χ0n) is 10.3. The minimum Gasteiger partial charge on any atom is -0.392 e. The van der Waals surface area contributed by atoms with E-state index in [0.717, 1.165) is 23.9 Å². The van der Waals surface area contributed by atoms with Gasteiger partial charge in [0.25, 0.3) is 0 Å². The average Bonchev–Trinajstić information content (AvgIpc) is 2.90. The van der Waals surface area contributed by atoms with Crippen LogP contribution in [0.5, 0.6) is 0 Å². The molecule has 1 aliphatic carbocycles. The Morgan fingerprint density at radius 2 is 1.59 bits per heavy atom. The fourth-order valence-electron chi connectivity index (χ4n) is 3.47. The molecule has 0 bridgehead atoms. The number of aliphatic hydroxyl groups is 1. The molecular weight excluding hydrogens is 210 g/mol. The lowest BCUT2D eigenvalue weighted by molar-refractivity contribution is 0.281. The Bertz CT molecular complexity index is 361. The van der Waals surface area contributed by atoms with Gasteiger partial charge in [0.1, 0.15) is 0 Å². The van der Waals surface area contributed by atoms with Gasteiger partial charge in [-0.3, -0.25) is 4.90 Å². The van der Waals surface area contributed by atoms with Crippen molar-refractivity contribution in [2.24, 2.45) is 11.8 Å². The van der Waals surface area contributed by atoms with E-state index >= 15 is 0 Å². The Labute approximate surface area is 103 Å². The first-order chi connectivity index (χ1) is 8.35. The van der Waals surface area contributed by atoms with Crippen LogP contribution in [0.3, 0.4) is 0 Å². The van der Waals surface area contributed by atoms with E-state index in [4.69, 9.17) is 5.11 Å². The lowest BCUT2D eigenvalue weighted by Crippen LogP contribution is -2.21. The molecule has 2 nitrogen and oxygen atoms in total. The third-order valence-corrected chi connectivity index (χ3v) is 4.41. The number of benzene rings is 1. The fourth-order valence-corrected chi connectivity index (χ4v) is 3.47. The van der Waals surface area contributed by atoms with Crippen molar-refractivity contribution in [2.75, 3.05) is 13.1 Å². The highest BCUT2D eigenvalue weighted by molar-refractivity contribution is 5.22. The minimum absolute atomic E-state index is 0.147. The molecule has 1 heterocycles. The molecule has 2 heteroatoms. The Hall–Kier alpha value is -0.860. The van der Waals surface area contributed by atoms with Crippen LogP contribution in [-0.2, 0) is 13.2 Å². The molecule has 1 N–H and O–H groups in total. The van der Waals surface area contributed by atoms with Crippen LogP contribution >= 0.6 is 0 Å². The third-order valence-electron chi connectivity index (χ3n) is 4.41. The second-order valence-electron chi connectivity index (χ2n) is 5.62. The summed E-state index contributed by atoms with van der Waals surface area (Å²) < 4.78 is 0. The van der Waals surface area contributed by atoms with Crippen molar-refractivity contribution in [3.8, 4) is 0 Å². The Kier molecular flexibility index (Phi) is 3.17. The van der Waals surface area contributed by atoms with Crippen LogP contribution in [0.4, 0.5) is 0 Å². The van der Waals surface area contributed by atoms with Crippen molar-refractivity contribution < 1.29 is 5.11 Å². The summed E-state index contributed by atoms with van der Waals surface area (Å²) in [5.41, 5.74) is 2.38. The van der Waals surface area contributed by atoms with Crippen LogP contribution in [0.15, 0.2) is 24.3 Å². The largest absolute Gasteiger partial charge is 0.392 e. The molecule has 0 amide bonds. The molecule has 1 aromatic carbocycles. The van der Waals surface area contributed by atoms with Crippen molar-refractivity contribution in [3.05, 3.63) is 35.4 Å². The lowest BCUT2D eigenvalue weighted by Gasteiger charge is -2.16. The van der Waals surface area contributed by atoms with Gasteiger partial charge < -0.3 is 5.11 Å². The van der Waals surface area contributed by atoms with Gasteiger partial charge in [0.05, 0.1) is 6.61 Å².